The highest BCUT2D eigenvalue weighted by molar-refractivity contribution is 5.24. The van der Waals surface area contributed by atoms with Gasteiger partial charge in [0.1, 0.15) is 0 Å². The summed E-state index contributed by atoms with van der Waals surface area (Å²) in [6, 6.07) is 5.18. The highest BCUT2D eigenvalue weighted by atomic mass is 19.4. The van der Waals surface area contributed by atoms with Crippen LogP contribution in [0.5, 0.6) is 0 Å². The van der Waals surface area contributed by atoms with Crippen molar-refractivity contribution < 1.29 is 17.9 Å². The van der Waals surface area contributed by atoms with Gasteiger partial charge in [-0.25, -0.2) is 0 Å². The third-order valence-corrected chi connectivity index (χ3v) is 2.72. The molecule has 0 atom stereocenters. The highest BCUT2D eigenvalue weighted by Gasteiger charge is 2.29. The van der Waals surface area contributed by atoms with E-state index >= 15 is 0 Å². The second kappa shape index (κ2) is 8.24. The molecule has 3 nitrogen and oxygen atoms in total. The van der Waals surface area contributed by atoms with Gasteiger partial charge in [0, 0.05) is 19.6 Å². The summed E-state index contributed by atoms with van der Waals surface area (Å²) in [6.45, 7) is 3.35. The van der Waals surface area contributed by atoms with Gasteiger partial charge in [-0.15, -0.1) is 0 Å². The molecule has 0 aliphatic heterocycles. The molecular formula is C14H21F3N2O. The van der Waals surface area contributed by atoms with Crippen molar-refractivity contribution in [2.75, 3.05) is 40.4 Å². The van der Waals surface area contributed by atoms with Gasteiger partial charge in [-0.05, 0) is 31.8 Å². The normalized spacial score (nSPS) is 12.1. The Hall–Kier alpha value is -1.11. The third kappa shape index (κ3) is 6.88. The molecule has 0 spiro atoms. The summed E-state index contributed by atoms with van der Waals surface area (Å²) in [6.07, 6.45) is -4.27. The van der Waals surface area contributed by atoms with Crippen molar-refractivity contribution in [1.29, 1.82) is 0 Å². The van der Waals surface area contributed by atoms with Gasteiger partial charge in [0.15, 0.2) is 0 Å². The molecule has 0 unspecified atom stereocenters. The highest BCUT2D eigenvalue weighted by Crippen LogP contribution is 2.28. The Balaban J connectivity index is 2.16. The number of alkyl halides is 3. The number of hydrogen-bond acceptors (Lipinski definition) is 3. The van der Waals surface area contributed by atoms with Crippen molar-refractivity contribution in [2.24, 2.45) is 0 Å². The van der Waals surface area contributed by atoms with Crippen LogP contribution < -0.4 is 5.32 Å². The Morgan fingerprint density at radius 1 is 1.10 bits per heavy atom. The molecule has 0 fully saturated rings. The minimum absolute atomic E-state index is 0.537. The van der Waals surface area contributed by atoms with E-state index in [0.717, 1.165) is 24.2 Å². The van der Waals surface area contributed by atoms with Crippen LogP contribution in [0.15, 0.2) is 24.3 Å². The van der Waals surface area contributed by atoms with Gasteiger partial charge in [0.05, 0.1) is 18.8 Å². The van der Waals surface area contributed by atoms with E-state index < -0.39 is 11.7 Å². The van der Waals surface area contributed by atoms with Gasteiger partial charge in [-0.2, -0.15) is 13.2 Å². The second-order valence-electron chi connectivity index (χ2n) is 4.79. The molecular weight excluding hydrogens is 269 g/mol. The summed E-state index contributed by atoms with van der Waals surface area (Å²) >= 11 is 0. The number of nitrogens with zero attached hydrogens (tertiary/aromatic N) is 1. The molecule has 0 saturated heterocycles. The van der Waals surface area contributed by atoms with Crippen molar-refractivity contribution in [2.45, 2.75) is 12.7 Å². The molecule has 0 radical (unpaired) electrons. The Morgan fingerprint density at radius 2 is 1.75 bits per heavy atom. The molecule has 0 bridgehead atoms. The molecule has 1 aromatic rings. The topological polar surface area (TPSA) is 24.5 Å². The van der Waals surface area contributed by atoms with Crippen LogP contribution in [-0.4, -0.2) is 45.3 Å². The predicted octanol–water partition coefficient (Wildman–Crippen LogP) is 2.37. The lowest BCUT2D eigenvalue weighted by molar-refractivity contribution is -0.137. The van der Waals surface area contributed by atoms with E-state index in [9.17, 15) is 13.2 Å². The quantitative estimate of drug-likeness (QED) is 0.744. The molecule has 114 valence electrons. The first-order chi connectivity index (χ1) is 9.39. The van der Waals surface area contributed by atoms with Crippen LogP contribution in [0.2, 0.25) is 0 Å². The molecule has 20 heavy (non-hydrogen) atoms. The van der Waals surface area contributed by atoms with Crippen LogP contribution in [0, 0.1) is 0 Å². The monoisotopic (exact) mass is 290 g/mol. The summed E-state index contributed by atoms with van der Waals surface area (Å²) in [5, 5.41) is 3.13. The number of halogens is 3. The summed E-state index contributed by atoms with van der Waals surface area (Å²) in [5.41, 5.74) is 0.208. The van der Waals surface area contributed by atoms with Crippen molar-refractivity contribution in [3.8, 4) is 0 Å². The number of benzene rings is 1. The van der Waals surface area contributed by atoms with Crippen molar-refractivity contribution in [3.63, 3.8) is 0 Å². The van der Waals surface area contributed by atoms with Gasteiger partial charge in [-0.3, -0.25) is 0 Å². The fraction of sp³-hybridized carbons (Fsp3) is 0.571. The van der Waals surface area contributed by atoms with Crippen LogP contribution in [0.25, 0.3) is 0 Å². The maximum atomic E-state index is 12.4. The molecule has 6 heteroatoms. The molecule has 0 saturated carbocycles. The van der Waals surface area contributed by atoms with Gasteiger partial charge in [0.2, 0.25) is 0 Å². The van der Waals surface area contributed by atoms with E-state index in [1.165, 1.54) is 12.1 Å². The molecule has 0 heterocycles. The maximum absolute atomic E-state index is 12.4. The Morgan fingerprint density at radius 3 is 2.30 bits per heavy atom. The smallest absolute Gasteiger partial charge is 0.379 e. The number of likely N-dealkylation sites (N-methyl/N-ethyl adjacent to an activating group) is 1. The maximum Gasteiger partial charge on any atom is 0.416 e. The lowest BCUT2D eigenvalue weighted by Gasteiger charge is -2.10. The standard InChI is InChI=1S/C14H21F3N2O/c1-19(2)8-10-20-9-7-18-11-12-3-5-13(6-4-12)14(15,16)17/h3-6,18H,7-11H2,1-2H3. The van der Waals surface area contributed by atoms with Crippen molar-refractivity contribution in [3.05, 3.63) is 35.4 Å². The van der Waals surface area contributed by atoms with Crippen molar-refractivity contribution >= 4 is 0 Å². The van der Waals surface area contributed by atoms with Gasteiger partial charge in [0.25, 0.3) is 0 Å². The Labute approximate surface area is 117 Å². The predicted molar refractivity (Wildman–Crippen MR) is 72.5 cm³/mol. The van der Waals surface area contributed by atoms with Crippen LogP contribution in [0.1, 0.15) is 11.1 Å². The Kier molecular flexibility index (Phi) is 6.98. The largest absolute Gasteiger partial charge is 0.416 e. The molecule has 0 aliphatic carbocycles. The fourth-order valence-electron chi connectivity index (χ4n) is 1.54. The average molecular weight is 290 g/mol. The zero-order valence-electron chi connectivity index (χ0n) is 11.8. The zero-order chi connectivity index (χ0) is 15.0. The molecule has 1 N–H and O–H groups in total. The number of ether oxygens (including phenoxy) is 1. The summed E-state index contributed by atoms with van der Waals surface area (Å²) in [4.78, 5) is 2.04. The summed E-state index contributed by atoms with van der Waals surface area (Å²) in [7, 11) is 3.96. The number of rotatable bonds is 8. The van der Waals surface area contributed by atoms with E-state index in [4.69, 9.17) is 4.74 Å². The lowest BCUT2D eigenvalue weighted by atomic mass is 10.1. The molecule has 1 aromatic carbocycles. The molecule has 0 aliphatic rings. The molecule has 1 rings (SSSR count). The van der Waals surface area contributed by atoms with E-state index in [2.05, 4.69) is 5.32 Å². The minimum atomic E-state index is -4.27. The minimum Gasteiger partial charge on any atom is -0.379 e. The van der Waals surface area contributed by atoms with Crippen LogP contribution in [0.3, 0.4) is 0 Å². The lowest BCUT2D eigenvalue weighted by Crippen LogP contribution is -2.23. The summed E-state index contributed by atoms with van der Waals surface area (Å²) in [5.74, 6) is 0. The van der Waals surface area contributed by atoms with Gasteiger partial charge < -0.3 is 15.0 Å². The SMILES string of the molecule is CN(C)CCOCCNCc1ccc(C(F)(F)F)cc1. The Bertz CT molecular complexity index is 377. The van der Waals surface area contributed by atoms with Crippen LogP contribution in [0.4, 0.5) is 13.2 Å². The second-order valence-corrected chi connectivity index (χ2v) is 4.79. The first-order valence-electron chi connectivity index (χ1n) is 6.49. The van der Waals surface area contributed by atoms with Crippen LogP contribution >= 0.6 is 0 Å². The first-order valence-corrected chi connectivity index (χ1v) is 6.49. The number of hydrogen-bond donors (Lipinski definition) is 1. The van der Waals surface area contributed by atoms with E-state index in [1.807, 2.05) is 19.0 Å². The average Bonchev–Trinajstić information content (AvgIpc) is 2.37. The van der Waals surface area contributed by atoms with E-state index in [-0.39, 0.29) is 0 Å². The molecule has 0 aromatic heterocycles. The van der Waals surface area contributed by atoms with Crippen LogP contribution in [-0.2, 0) is 17.5 Å². The van der Waals surface area contributed by atoms with E-state index in [0.29, 0.717) is 26.3 Å². The zero-order valence-corrected chi connectivity index (χ0v) is 11.8. The van der Waals surface area contributed by atoms with E-state index in [1.54, 1.807) is 0 Å². The fourth-order valence-corrected chi connectivity index (χ4v) is 1.54. The number of nitrogens with one attached hydrogen (secondary N) is 1. The first kappa shape index (κ1) is 16.9. The third-order valence-electron chi connectivity index (χ3n) is 2.72. The van der Waals surface area contributed by atoms with Crippen molar-refractivity contribution in [1.82, 2.24) is 10.2 Å². The molecule has 0 amide bonds. The summed E-state index contributed by atoms with van der Waals surface area (Å²) < 4.78 is 42.5. The van der Waals surface area contributed by atoms with Gasteiger partial charge in [-0.1, -0.05) is 12.1 Å². The van der Waals surface area contributed by atoms with Gasteiger partial charge >= 0.3 is 6.18 Å².